The Bertz CT molecular complexity index is 446. The van der Waals surface area contributed by atoms with Gasteiger partial charge in [0.05, 0.1) is 12.5 Å². The van der Waals surface area contributed by atoms with Crippen LogP contribution in [0.5, 0.6) is 0 Å². The minimum Gasteiger partial charge on any atom is -0.351 e. The van der Waals surface area contributed by atoms with Gasteiger partial charge in [0.2, 0.25) is 5.91 Å². The molecule has 0 spiro atoms. The second kappa shape index (κ2) is 7.45. The van der Waals surface area contributed by atoms with Gasteiger partial charge < -0.3 is 11.1 Å². The predicted molar refractivity (Wildman–Crippen MR) is 75.6 cm³/mol. The maximum Gasteiger partial charge on any atom is 0.391 e. The summed E-state index contributed by atoms with van der Waals surface area (Å²) in [5, 5.41) is 2.41. The molecule has 3 nitrogen and oxygen atoms in total. The van der Waals surface area contributed by atoms with Crippen molar-refractivity contribution in [2.75, 3.05) is 0 Å². The van der Waals surface area contributed by atoms with Crippen molar-refractivity contribution in [3.63, 3.8) is 0 Å². The molecule has 21 heavy (non-hydrogen) atoms. The van der Waals surface area contributed by atoms with E-state index in [2.05, 4.69) is 5.32 Å². The van der Waals surface area contributed by atoms with E-state index >= 15 is 0 Å². The van der Waals surface area contributed by atoms with Crippen molar-refractivity contribution in [2.24, 2.45) is 11.7 Å². The third kappa shape index (κ3) is 6.62. The molecule has 118 valence electrons. The zero-order chi connectivity index (χ0) is 16.0. The number of nitrogens with one attached hydrogen (secondary N) is 1. The Labute approximate surface area is 122 Å². The maximum absolute atomic E-state index is 12.5. The predicted octanol–water partition coefficient (Wildman–Crippen LogP) is 2.65. The first-order chi connectivity index (χ1) is 9.69. The van der Waals surface area contributed by atoms with E-state index in [0.717, 1.165) is 5.56 Å². The van der Waals surface area contributed by atoms with Crippen LogP contribution in [0.15, 0.2) is 30.3 Å². The van der Waals surface area contributed by atoms with Gasteiger partial charge in [0, 0.05) is 6.04 Å². The molecule has 0 aromatic heterocycles. The third-order valence-electron chi connectivity index (χ3n) is 3.22. The highest BCUT2D eigenvalue weighted by atomic mass is 19.4. The molecule has 1 aromatic rings. The summed E-state index contributed by atoms with van der Waals surface area (Å²) in [6.07, 6.45) is -5.07. The largest absolute Gasteiger partial charge is 0.391 e. The van der Waals surface area contributed by atoms with Gasteiger partial charge in [0.25, 0.3) is 0 Å². The molecule has 0 heterocycles. The van der Waals surface area contributed by atoms with Crippen molar-refractivity contribution >= 4 is 5.91 Å². The molecule has 0 fully saturated rings. The standard InChI is InChI=1S/C15H21F3N2O/c1-10(2)13(9-15(16,17)18)20-14(21)12(19)8-11-6-4-3-5-7-11/h3-7,10,12-13H,8-9,19H2,1-2H3,(H,20,21)/t12?,13-/m1/s1. The van der Waals surface area contributed by atoms with Crippen molar-refractivity contribution < 1.29 is 18.0 Å². The molecule has 3 N–H and O–H groups in total. The van der Waals surface area contributed by atoms with Crippen LogP contribution < -0.4 is 11.1 Å². The van der Waals surface area contributed by atoms with Gasteiger partial charge in [-0.3, -0.25) is 4.79 Å². The normalized spacial score (nSPS) is 14.8. The van der Waals surface area contributed by atoms with E-state index in [1.165, 1.54) is 0 Å². The van der Waals surface area contributed by atoms with Gasteiger partial charge in [-0.05, 0) is 17.9 Å². The van der Waals surface area contributed by atoms with E-state index in [4.69, 9.17) is 5.73 Å². The number of hydrogen-bond acceptors (Lipinski definition) is 2. The van der Waals surface area contributed by atoms with Crippen molar-refractivity contribution in [3.05, 3.63) is 35.9 Å². The maximum atomic E-state index is 12.5. The zero-order valence-corrected chi connectivity index (χ0v) is 12.2. The molecule has 6 heteroatoms. The lowest BCUT2D eigenvalue weighted by Gasteiger charge is -2.25. The Morgan fingerprint density at radius 2 is 1.81 bits per heavy atom. The summed E-state index contributed by atoms with van der Waals surface area (Å²) >= 11 is 0. The number of nitrogens with two attached hydrogens (primary N) is 1. The molecule has 2 atom stereocenters. The fourth-order valence-electron chi connectivity index (χ4n) is 1.95. The van der Waals surface area contributed by atoms with E-state index in [9.17, 15) is 18.0 Å². The van der Waals surface area contributed by atoms with Crippen LogP contribution >= 0.6 is 0 Å². The van der Waals surface area contributed by atoms with Crippen molar-refractivity contribution in [2.45, 2.75) is 44.9 Å². The summed E-state index contributed by atoms with van der Waals surface area (Å²) in [6.45, 7) is 3.28. The number of carbonyl (C=O) groups excluding carboxylic acids is 1. The second-order valence-electron chi connectivity index (χ2n) is 5.47. The molecule has 1 amide bonds. The van der Waals surface area contributed by atoms with Crippen LogP contribution in [0.2, 0.25) is 0 Å². The average molecular weight is 302 g/mol. The van der Waals surface area contributed by atoms with Crippen molar-refractivity contribution in [1.29, 1.82) is 0 Å². The Kier molecular flexibility index (Phi) is 6.20. The minimum absolute atomic E-state index is 0.295. The van der Waals surface area contributed by atoms with Gasteiger partial charge in [-0.25, -0.2) is 0 Å². The number of hydrogen-bond donors (Lipinski definition) is 2. The molecule has 1 aromatic carbocycles. The van der Waals surface area contributed by atoms with E-state index in [-0.39, 0.29) is 5.92 Å². The fourth-order valence-corrected chi connectivity index (χ4v) is 1.95. The molecule has 0 bridgehead atoms. The summed E-state index contributed by atoms with van der Waals surface area (Å²) in [5.41, 5.74) is 6.64. The Balaban J connectivity index is 2.60. The Morgan fingerprint density at radius 3 is 2.29 bits per heavy atom. The number of benzene rings is 1. The highest BCUT2D eigenvalue weighted by Gasteiger charge is 2.34. The van der Waals surface area contributed by atoms with Crippen LogP contribution in [-0.4, -0.2) is 24.2 Å². The number of halogens is 3. The molecule has 0 saturated carbocycles. The van der Waals surface area contributed by atoms with Gasteiger partial charge in [0.15, 0.2) is 0 Å². The molecule has 1 unspecified atom stereocenters. The molecule has 0 aliphatic rings. The Hall–Kier alpha value is -1.56. The van der Waals surface area contributed by atoms with Gasteiger partial charge in [-0.2, -0.15) is 13.2 Å². The smallest absolute Gasteiger partial charge is 0.351 e. The average Bonchev–Trinajstić information content (AvgIpc) is 2.37. The van der Waals surface area contributed by atoms with E-state index in [1.54, 1.807) is 13.8 Å². The minimum atomic E-state index is -4.31. The molecule has 0 radical (unpaired) electrons. The van der Waals surface area contributed by atoms with Crippen molar-refractivity contribution in [3.8, 4) is 0 Å². The Morgan fingerprint density at radius 1 is 1.24 bits per heavy atom. The van der Waals surface area contributed by atoms with Crippen LogP contribution in [0, 0.1) is 5.92 Å². The van der Waals surface area contributed by atoms with E-state index < -0.39 is 30.6 Å². The first kappa shape index (κ1) is 17.5. The SMILES string of the molecule is CC(C)[C@@H](CC(F)(F)F)NC(=O)C(N)Cc1ccccc1. The first-order valence-electron chi connectivity index (χ1n) is 6.85. The van der Waals surface area contributed by atoms with Gasteiger partial charge in [-0.1, -0.05) is 44.2 Å². The summed E-state index contributed by atoms with van der Waals surface area (Å²) in [7, 11) is 0. The van der Waals surface area contributed by atoms with Crippen LogP contribution in [0.4, 0.5) is 13.2 Å². The molecular weight excluding hydrogens is 281 g/mol. The molecule has 0 saturated heterocycles. The fraction of sp³-hybridized carbons (Fsp3) is 0.533. The van der Waals surface area contributed by atoms with Crippen LogP contribution in [0.25, 0.3) is 0 Å². The topological polar surface area (TPSA) is 55.1 Å². The highest BCUT2D eigenvalue weighted by molar-refractivity contribution is 5.82. The summed E-state index contributed by atoms with van der Waals surface area (Å²) in [4.78, 5) is 11.9. The number of alkyl halides is 3. The summed E-state index contributed by atoms with van der Waals surface area (Å²) in [5.74, 6) is -0.874. The number of amides is 1. The number of carbonyl (C=O) groups is 1. The van der Waals surface area contributed by atoms with Gasteiger partial charge in [0.1, 0.15) is 0 Å². The second-order valence-corrected chi connectivity index (χ2v) is 5.47. The third-order valence-corrected chi connectivity index (χ3v) is 3.22. The first-order valence-corrected chi connectivity index (χ1v) is 6.85. The lowest BCUT2D eigenvalue weighted by Crippen LogP contribution is -2.49. The molecule has 1 rings (SSSR count). The summed E-state index contributed by atoms with van der Waals surface area (Å²) in [6, 6.07) is 7.31. The summed E-state index contributed by atoms with van der Waals surface area (Å²) < 4.78 is 37.4. The number of rotatable bonds is 6. The quantitative estimate of drug-likeness (QED) is 0.849. The van der Waals surface area contributed by atoms with Crippen LogP contribution in [0.3, 0.4) is 0 Å². The monoisotopic (exact) mass is 302 g/mol. The van der Waals surface area contributed by atoms with Crippen LogP contribution in [-0.2, 0) is 11.2 Å². The molecule has 0 aliphatic carbocycles. The molecule has 0 aliphatic heterocycles. The van der Waals surface area contributed by atoms with E-state index in [0.29, 0.717) is 6.42 Å². The van der Waals surface area contributed by atoms with Gasteiger partial charge in [-0.15, -0.1) is 0 Å². The van der Waals surface area contributed by atoms with E-state index in [1.807, 2.05) is 30.3 Å². The lowest BCUT2D eigenvalue weighted by atomic mass is 9.99. The lowest BCUT2D eigenvalue weighted by molar-refractivity contribution is -0.145. The molecular formula is C15H21F3N2O. The van der Waals surface area contributed by atoms with Gasteiger partial charge >= 0.3 is 6.18 Å². The van der Waals surface area contributed by atoms with Crippen LogP contribution in [0.1, 0.15) is 25.8 Å². The highest BCUT2D eigenvalue weighted by Crippen LogP contribution is 2.24. The van der Waals surface area contributed by atoms with Crippen molar-refractivity contribution in [1.82, 2.24) is 5.32 Å². The zero-order valence-electron chi connectivity index (χ0n) is 12.2.